The first-order valence-electron chi connectivity index (χ1n) is 36.0. The van der Waals surface area contributed by atoms with Crippen LogP contribution in [0.25, 0.3) is 0 Å². The zero-order valence-electron chi connectivity index (χ0n) is 62.5. The number of carbonyl (C=O) groups is 10. The standard InChI is InChI=1S/C26H35N5O4S2.C17H24N4O2S2.C11H17NO3.C9H13NO3.C8H15NO2.C3H3ClO/c1-5-21(32)30-10-8-18(9-11-30)24(34)31-12-6-17(7-13-31)23(33)29-25-28-15-22(37-25)36-16-20-27-14-19(35-20)26(2,3)4;1-17(2,3)12-8-19-13(23-12)10-24-14-9-20-16(25-14)21-15(22)11-4-6-18-7-5-11;1-3-10(13)12-7-5-9(6-8-12)11(14)15-4-2;1-2-8(11)10-5-3-7(4-6-10)9(12)13;1-2-11-8(10)7-3-5-9-6-4-7;1-2-3(4)5/h5,14-15,17-18H,1,6-13,16H2,2-4H3,(H,28,29,33);8-9,11,18H,4-7,10H2,1-3H3,(H,20,21,22);3,9H,1,4-8H2,2H3;2,7H,1,3-6H2,(H,12,13);7,9H,2-6H2,1H3;2H,1H2. The number of carbonyl (C=O) groups excluding carboxylic acids is 9. The molecule has 4 aromatic heterocycles. The van der Waals surface area contributed by atoms with Crippen LogP contribution in [0.1, 0.15) is 156 Å². The van der Waals surface area contributed by atoms with Crippen LogP contribution in [0.4, 0.5) is 10.3 Å². The van der Waals surface area contributed by atoms with Gasteiger partial charge in [-0.05, 0) is 153 Å². The average molecular weight is 1570 g/mol. The van der Waals surface area contributed by atoms with Crippen molar-refractivity contribution in [2.45, 2.75) is 163 Å². The number of piperidine rings is 6. The summed E-state index contributed by atoms with van der Waals surface area (Å²) in [5.41, 5.74) is -0.113. The molecule has 584 valence electrons. The van der Waals surface area contributed by atoms with Crippen LogP contribution in [0.15, 0.2) is 92.7 Å². The maximum Gasteiger partial charge on any atom is 0.309 e. The quantitative estimate of drug-likeness (QED) is 0.0237. The largest absolute Gasteiger partial charge is 0.481 e. The molecule has 0 radical (unpaired) electrons. The van der Waals surface area contributed by atoms with Gasteiger partial charge in [0.1, 0.15) is 11.5 Å². The van der Waals surface area contributed by atoms with E-state index in [1.807, 2.05) is 11.8 Å². The van der Waals surface area contributed by atoms with Crippen molar-refractivity contribution in [1.29, 1.82) is 0 Å². The van der Waals surface area contributed by atoms with Gasteiger partial charge in [0.15, 0.2) is 10.3 Å². The van der Waals surface area contributed by atoms with Crippen LogP contribution in [-0.2, 0) is 79.8 Å². The Labute approximate surface area is 644 Å². The Hall–Kier alpha value is -7.55. The van der Waals surface area contributed by atoms with Crippen LogP contribution in [0.3, 0.4) is 0 Å². The van der Waals surface area contributed by atoms with Crippen molar-refractivity contribution in [2.75, 3.05) is 102 Å². The molecule has 32 heteroatoms. The second-order valence-electron chi connectivity index (χ2n) is 27.7. The van der Waals surface area contributed by atoms with Gasteiger partial charge in [0.05, 0.1) is 75.7 Å². The van der Waals surface area contributed by atoms with Gasteiger partial charge in [0.25, 0.3) is 0 Å². The van der Waals surface area contributed by atoms with E-state index in [9.17, 15) is 47.9 Å². The summed E-state index contributed by atoms with van der Waals surface area (Å²) in [5.74, 6) is 3.13. The van der Waals surface area contributed by atoms with Gasteiger partial charge in [0.2, 0.25) is 52.5 Å². The van der Waals surface area contributed by atoms with Crippen molar-refractivity contribution in [3.63, 3.8) is 0 Å². The Bertz CT molecular complexity index is 3520. The molecule has 0 unspecified atom stereocenters. The van der Waals surface area contributed by atoms with E-state index in [1.165, 1.54) is 40.9 Å². The summed E-state index contributed by atoms with van der Waals surface area (Å²) in [6.45, 7) is 38.9. The Balaban J connectivity index is 0.000000252. The van der Waals surface area contributed by atoms with Crippen LogP contribution in [-0.4, -0.2) is 195 Å². The molecule has 6 amide bonds. The summed E-state index contributed by atoms with van der Waals surface area (Å²) < 4.78 is 23.5. The van der Waals surface area contributed by atoms with Gasteiger partial charge in [-0.15, -0.1) is 23.5 Å². The monoisotopic (exact) mass is 1570 g/mol. The molecule has 6 fully saturated rings. The molecule has 0 saturated carbocycles. The zero-order chi connectivity index (χ0) is 77.9. The smallest absolute Gasteiger partial charge is 0.309 e. The number of ether oxygens (including phenoxy) is 2. The molecule has 0 aromatic carbocycles. The van der Waals surface area contributed by atoms with E-state index in [-0.39, 0.29) is 93.7 Å². The van der Waals surface area contributed by atoms with Crippen molar-refractivity contribution < 1.29 is 71.4 Å². The number of halogens is 1. The molecule has 0 spiro atoms. The predicted octanol–water partition coefficient (Wildman–Crippen LogP) is 10.9. The molecule has 6 aliphatic heterocycles. The topological polar surface area (TPSA) is 348 Å². The van der Waals surface area contributed by atoms with Crippen LogP contribution in [0.2, 0.25) is 0 Å². The number of hydrogen-bond donors (Lipinski definition) is 5. The van der Waals surface area contributed by atoms with E-state index in [2.05, 4.69) is 109 Å². The van der Waals surface area contributed by atoms with Crippen LogP contribution in [0.5, 0.6) is 0 Å². The molecular weight excluding hydrogens is 1460 g/mol. The lowest BCUT2D eigenvalue weighted by Gasteiger charge is -2.36. The number of anilines is 2. The molecule has 10 heterocycles. The fourth-order valence-corrected chi connectivity index (χ4v) is 15.1. The van der Waals surface area contributed by atoms with Crippen molar-refractivity contribution >= 4 is 127 Å². The highest BCUT2D eigenvalue weighted by Gasteiger charge is 2.35. The Morgan fingerprint density at radius 1 is 0.509 bits per heavy atom. The highest BCUT2D eigenvalue weighted by molar-refractivity contribution is 8.00. The molecule has 4 aromatic rings. The van der Waals surface area contributed by atoms with E-state index >= 15 is 0 Å². The first kappa shape index (κ1) is 89.1. The van der Waals surface area contributed by atoms with Gasteiger partial charge in [-0.25, -0.2) is 19.9 Å². The minimum absolute atomic E-state index is 0.0194. The number of nitrogens with one attached hydrogen (secondary N) is 4. The molecule has 0 bridgehead atoms. The van der Waals surface area contributed by atoms with E-state index in [0.29, 0.717) is 150 Å². The molecule has 10 rings (SSSR count). The molecule has 6 aliphatic rings. The summed E-state index contributed by atoms with van der Waals surface area (Å²) in [7, 11) is 0. The number of oxazole rings is 2. The second-order valence-corrected chi connectivity index (χ2v) is 32.7. The van der Waals surface area contributed by atoms with Gasteiger partial charge in [-0.2, -0.15) is 0 Å². The number of amides is 6. The average Bonchev–Trinajstić information content (AvgIpc) is 1.19. The van der Waals surface area contributed by atoms with Gasteiger partial charge in [0, 0.05) is 80.9 Å². The highest BCUT2D eigenvalue weighted by atomic mass is 35.5. The fraction of sp³-hybridized carbons (Fsp3) is 0.595. The third-order valence-corrected chi connectivity index (χ3v) is 22.3. The highest BCUT2D eigenvalue weighted by Crippen LogP contribution is 2.35. The summed E-state index contributed by atoms with van der Waals surface area (Å²) in [6, 6.07) is 0. The minimum atomic E-state index is -0.759. The normalized spacial score (nSPS) is 17.0. The number of aliphatic carboxylic acids is 1. The van der Waals surface area contributed by atoms with Crippen molar-refractivity contribution in [3.05, 3.63) is 98.7 Å². The third-order valence-electron chi connectivity index (χ3n) is 18.0. The fourth-order valence-electron chi connectivity index (χ4n) is 11.6. The second kappa shape index (κ2) is 46.0. The number of carboxylic acid groups (broad SMARTS) is 1. The number of thiazole rings is 2. The Morgan fingerprint density at radius 3 is 1.16 bits per heavy atom. The maximum atomic E-state index is 13.0. The van der Waals surface area contributed by atoms with Gasteiger partial charge >= 0.3 is 17.9 Å². The summed E-state index contributed by atoms with van der Waals surface area (Å²) >= 11 is 10.8. The number of likely N-dealkylation sites (tertiary alicyclic amines) is 4. The van der Waals surface area contributed by atoms with Crippen LogP contribution < -0.4 is 21.3 Å². The molecule has 5 N–H and O–H groups in total. The lowest BCUT2D eigenvalue weighted by molar-refractivity contribution is -0.151. The molecule has 0 atom stereocenters. The molecule has 106 heavy (non-hydrogen) atoms. The number of thioether (sulfide) groups is 2. The van der Waals surface area contributed by atoms with Crippen molar-refractivity contribution in [1.82, 2.24) is 50.2 Å². The Kier molecular flexibility index (Phi) is 38.6. The van der Waals surface area contributed by atoms with E-state index in [4.69, 9.17) is 35.0 Å². The number of aromatic nitrogens is 4. The molecule has 0 aliphatic carbocycles. The zero-order valence-corrected chi connectivity index (χ0v) is 66.5. The van der Waals surface area contributed by atoms with E-state index in [1.54, 1.807) is 69.9 Å². The number of allylic oxidation sites excluding steroid dienone is 1. The molecule has 6 saturated heterocycles. The third kappa shape index (κ3) is 31.0. The SMILES string of the molecule is C=CC(=O)Cl.C=CC(=O)N1CCC(C(=O)N2CCC(C(=O)Nc3ncc(SCc4ncc(C(C)(C)C)o4)s3)CC2)CC1.C=CC(=O)N1CCC(C(=O)O)CC1.C=CC(=O)N1CCC(C(=O)OCC)CC1.CC(C)(C)c1cnc(CSc2cnc(NC(=O)C3CCNCC3)s2)o1.CCOC(=O)C1CCNCC1. The number of carboxylic acids is 1. The summed E-state index contributed by atoms with van der Waals surface area (Å²) in [6.07, 6.45) is 20.8. The summed E-state index contributed by atoms with van der Waals surface area (Å²) in [4.78, 5) is 139. The van der Waals surface area contributed by atoms with Gasteiger partial charge in [-0.3, -0.25) is 47.9 Å². The van der Waals surface area contributed by atoms with E-state index in [0.717, 1.165) is 77.9 Å². The Morgan fingerprint density at radius 2 is 0.830 bits per heavy atom. The number of rotatable bonds is 20. The van der Waals surface area contributed by atoms with Gasteiger partial charge < -0.3 is 64.3 Å². The maximum absolute atomic E-state index is 13.0. The van der Waals surface area contributed by atoms with Crippen LogP contribution in [0, 0.1) is 35.5 Å². The first-order chi connectivity index (χ1) is 50.5. The lowest BCUT2D eigenvalue weighted by Crippen LogP contribution is -2.47. The van der Waals surface area contributed by atoms with E-state index < -0.39 is 11.2 Å². The molecule has 27 nitrogen and oxygen atoms in total. The van der Waals surface area contributed by atoms with Crippen molar-refractivity contribution in [3.8, 4) is 0 Å². The van der Waals surface area contributed by atoms with Crippen molar-refractivity contribution in [2.24, 2.45) is 35.5 Å². The minimum Gasteiger partial charge on any atom is -0.481 e. The predicted molar refractivity (Wildman–Crippen MR) is 412 cm³/mol. The van der Waals surface area contributed by atoms with Crippen LogP contribution >= 0.6 is 57.8 Å². The summed E-state index contributed by atoms with van der Waals surface area (Å²) in [5, 5.41) is 21.8. The molecular formula is C74H107ClN12O15S4. The first-order valence-corrected chi connectivity index (χ1v) is 40.0. The number of hydrogen-bond acceptors (Lipinski definition) is 24. The van der Waals surface area contributed by atoms with Gasteiger partial charge in [-0.1, -0.05) is 90.5 Å². The number of nitrogens with zero attached hydrogens (tertiary/aromatic N) is 8. The number of esters is 2. The lowest BCUT2D eigenvalue weighted by atomic mass is 9.91.